The van der Waals surface area contributed by atoms with Gasteiger partial charge in [-0.3, -0.25) is 4.79 Å². The van der Waals surface area contributed by atoms with Gasteiger partial charge in [0.15, 0.2) is 0 Å². The smallest absolute Gasteiger partial charge is 0.246 e. The van der Waals surface area contributed by atoms with E-state index in [1.54, 1.807) is 0 Å². The van der Waals surface area contributed by atoms with Gasteiger partial charge in [0.25, 0.3) is 0 Å². The minimum atomic E-state index is -0.452. The molecule has 2 aliphatic rings. The molecule has 1 fully saturated rings. The number of carbonyl (C=O) groups is 1. The molecule has 1 amide bonds. The number of ether oxygens (including phenoxy) is 2. The van der Waals surface area contributed by atoms with Crippen LogP contribution in [0.15, 0.2) is 24.3 Å². The van der Waals surface area contributed by atoms with E-state index in [4.69, 9.17) is 9.47 Å². The zero-order valence-corrected chi connectivity index (χ0v) is 10.7. The van der Waals surface area contributed by atoms with Crippen molar-refractivity contribution < 1.29 is 14.3 Å². The van der Waals surface area contributed by atoms with Crippen molar-refractivity contribution in [3.8, 4) is 5.75 Å². The number of benzene rings is 1. The number of hydrogen-bond acceptors (Lipinski definition) is 3. The first-order valence-electron chi connectivity index (χ1n) is 6.20. The largest absolute Gasteiger partial charge is 0.487 e. The summed E-state index contributed by atoms with van der Waals surface area (Å²) in [7, 11) is 0. The van der Waals surface area contributed by atoms with Crippen LogP contribution in [-0.4, -0.2) is 24.7 Å². The van der Waals surface area contributed by atoms with Crippen molar-refractivity contribution in [3.63, 3.8) is 0 Å². The van der Waals surface area contributed by atoms with Crippen molar-refractivity contribution in [1.29, 1.82) is 0 Å². The summed E-state index contributed by atoms with van der Waals surface area (Å²) in [5.74, 6) is 0.798. The molecule has 3 rings (SSSR count). The van der Waals surface area contributed by atoms with Gasteiger partial charge in [0.2, 0.25) is 5.91 Å². The van der Waals surface area contributed by atoms with Gasteiger partial charge < -0.3 is 14.8 Å². The number of morpholine rings is 1. The molecule has 1 aromatic rings. The lowest BCUT2D eigenvalue weighted by atomic mass is 9.79. The average Bonchev–Trinajstić information content (AvgIpc) is 2.32. The first kappa shape index (κ1) is 11.5. The van der Waals surface area contributed by atoms with E-state index in [2.05, 4.69) is 5.32 Å². The Bertz CT molecular complexity index is 486. The van der Waals surface area contributed by atoms with Crippen LogP contribution >= 0.6 is 0 Å². The normalized spacial score (nSPS) is 29.3. The summed E-state index contributed by atoms with van der Waals surface area (Å²) in [5, 5.41) is 2.90. The minimum absolute atomic E-state index is 0.0533. The maximum absolute atomic E-state index is 11.3. The van der Waals surface area contributed by atoms with Crippen molar-refractivity contribution in [2.24, 2.45) is 0 Å². The minimum Gasteiger partial charge on any atom is -0.487 e. The number of nitrogens with one attached hydrogen (secondary N) is 1. The van der Waals surface area contributed by atoms with E-state index in [0.717, 1.165) is 17.7 Å². The van der Waals surface area contributed by atoms with Gasteiger partial charge in [0.1, 0.15) is 23.6 Å². The molecule has 0 aliphatic carbocycles. The molecule has 1 N–H and O–H groups in total. The molecule has 4 heteroatoms. The molecule has 2 aliphatic heterocycles. The van der Waals surface area contributed by atoms with E-state index in [0.29, 0.717) is 6.54 Å². The Morgan fingerprint density at radius 1 is 1.28 bits per heavy atom. The van der Waals surface area contributed by atoms with E-state index in [1.807, 2.05) is 38.1 Å². The molecular weight excluding hydrogens is 230 g/mol. The first-order chi connectivity index (χ1) is 8.51. The molecule has 1 unspecified atom stereocenters. The van der Waals surface area contributed by atoms with Gasteiger partial charge in [-0.15, -0.1) is 0 Å². The topological polar surface area (TPSA) is 47.6 Å². The van der Waals surface area contributed by atoms with E-state index >= 15 is 0 Å². The van der Waals surface area contributed by atoms with Crippen molar-refractivity contribution in [2.75, 3.05) is 13.2 Å². The molecule has 0 radical (unpaired) electrons. The maximum atomic E-state index is 11.3. The Kier molecular flexibility index (Phi) is 2.38. The summed E-state index contributed by atoms with van der Waals surface area (Å²) in [6, 6.07) is 7.90. The van der Waals surface area contributed by atoms with Gasteiger partial charge in [0, 0.05) is 12.0 Å². The molecule has 0 aromatic heterocycles. The summed E-state index contributed by atoms with van der Waals surface area (Å²) in [6.07, 6.45) is 0.733. The fraction of sp³-hybridized carbons (Fsp3) is 0.500. The summed E-state index contributed by atoms with van der Waals surface area (Å²) >= 11 is 0. The summed E-state index contributed by atoms with van der Waals surface area (Å²) in [6.45, 7) is 4.72. The van der Waals surface area contributed by atoms with Crippen LogP contribution in [0.25, 0.3) is 0 Å². The van der Waals surface area contributed by atoms with Crippen LogP contribution in [0, 0.1) is 0 Å². The number of carbonyl (C=O) groups excluding carboxylic acids is 1. The predicted octanol–water partition coefficient (Wildman–Crippen LogP) is 1.59. The Labute approximate surface area is 106 Å². The van der Waals surface area contributed by atoms with Crippen molar-refractivity contribution in [2.45, 2.75) is 31.5 Å². The molecule has 1 spiro atoms. The maximum Gasteiger partial charge on any atom is 0.246 e. The summed E-state index contributed by atoms with van der Waals surface area (Å²) in [5.41, 5.74) is 0.284. The highest BCUT2D eigenvalue weighted by molar-refractivity contribution is 5.78. The standard InChI is InChI=1S/C14H17NO3/c1-13(2)8-14(9-15-12(16)7-17-14)10-5-3-4-6-11(10)18-13/h3-6H,7-9H2,1-2H3,(H,15,16). The van der Waals surface area contributed by atoms with Crippen molar-refractivity contribution in [3.05, 3.63) is 29.8 Å². The lowest BCUT2D eigenvalue weighted by Crippen LogP contribution is -2.56. The molecule has 96 valence electrons. The second-order valence-corrected chi connectivity index (χ2v) is 5.59. The van der Waals surface area contributed by atoms with Crippen LogP contribution in [0.2, 0.25) is 0 Å². The van der Waals surface area contributed by atoms with Crippen LogP contribution in [0.4, 0.5) is 0 Å². The quantitative estimate of drug-likeness (QED) is 0.757. The summed E-state index contributed by atoms with van der Waals surface area (Å²) in [4.78, 5) is 11.3. The fourth-order valence-corrected chi connectivity index (χ4v) is 2.88. The Morgan fingerprint density at radius 3 is 2.78 bits per heavy atom. The molecule has 0 saturated carbocycles. The Balaban J connectivity index is 2.06. The number of hydrogen-bond donors (Lipinski definition) is 1. The molecule has 1 saturated heterocycles. The third-order valence-electron chi connectivity index (χ3n) is 3.53. The van der Waals surface area contributed by atoms with Crippen LogP contribution < -0.4 is 10.1 Å². The van der Waals surface area contributed by atoms with E-state index in [9.17, 15) is 4.79 Å². The third kappa shape index (κ3) is 1.77. The van der Waals surface area contributed by atoms with Crippen LogP contribution in [0.5, 0.6) is 5.75 Å². The highest BCUT2D eigenvalue weighted by Gasteiger charge is 2.48. The Morgan fingerprint density at radius 2 is 2.06 bits per heavy atom. The van der Waals surface area contributed by atoms with Crippen LogP contribution in [-0.2, 0) is 15.1 Å². The second-order valence-electron chi connectivity index (χ2n) is 5.59. The van der Waals surface area contributed by atoms with Crippen LogP contribution in [0.3, 0.4) is 0 Å². The summed E-state index contributed by atoms with van der Waals surface area (Å²) < 4.78 is 11.9. The molecule has 4 nitrogen and oxygen atoms in total. The molecule has 2 heterocycles. The van der Waals surface area contributed by atoms with Gasteiger partial charge in [0.05, 0.1) is 6.54 Å². The first-order valence-corrected chi connectivity index (χ1v) is 6.20. The van der Waals surface area contributed by atoms with Gasteiger partial charge in [-0.2, -0.15) is 0 Å². The van der Waals surface area contributed by atoms with Crippen molar-refractivity contribution >= 4 is 5.91 Å². The highest BCUT2D eigenvalue weighted by Crippen LogP contribution is 2.46. The molecule has 1 atom stereocenters. The second kappa shape index (κ2) is 3.72. The third-order valence-corrected chi connectivity index (χ3v) is 3.53. The number of para-hydroxylation sites is 1. The lowest BCUT2D eigenvalue weighted by molar-refractivity contribution is -0.158. The van der Waals surface area contributed by atoms with E-state index < -0.39 is 5.60 Å². The van der Waals surface area contributed by atoms with Gasteiger partial charge >= 0.3 is 0 Å². The zero-order chi connectivity index (χ0) is 12.8. The molecular formula is C14H17NO3. The molecule has 0 bridgehead atoms. The SMILES string of the molecule is CC1(C)CC2(CNC(=O)CO2)c2ccccc2O1. The molecule has 18 heavy (non-hydrogen) atoms. The fourth-order valence-electron chi connectivity index (χ4n) is 2.88. The Hall–Kier alpha value is -1.55. The van der Waals surface area contributed by atoms with Gasteiger partial charge in [-0.05, 0) is 19.9 Å². The molecule has 1 aromatic carbocycles. The lowest BCUT2D eigenvalue weighted by Gasteiger charge is -2.47. The average molecular weight is 247 g/mol. The highest BCUT2D eigenvalue weighted by atomic mass is 16.5. The van der Waals surface area contributed by atoms with Gasteiger partial charge in [-0.1, -0.05) is 18.2 Å². The monoisotopic (exact) mass is 247 g/mol. The van der Waals surface area contributed by atoms with E-state index in [1.165, 1.54) is 0 Å². The van der Waals surface area contributed by atoms with E-state index in [-0.39, 0.29) is 18.1 Å². The predicted molar refractivity (Wildman–Crippen MR) is 66.4 cm³/mol. The van der Waals surface area contributed by atoms with Crippen molar-refractivity contribution in [1.82, 2.24) is 5.32 Å². The number of fused-ring (bicyclic) bond motifs is 2. The zero-order valence-electron chi connectivity index (χ0n) is 10.7. The van der Waals surface area contributed by atoms with Gasteiger partial charge in [-0.25, -0.2) is 0 Å². The van der Waals surface area contributed by atoms with Crippen LogP contribution in [0.1, 0.15) is 25.8 Å². The number of rotatable bonds is 0. The number of amides is 1.